The highest BCUT2D eigenvalue weighted by Gasteiger charge is 2.11. The van der Waals surface area contributed by atoms with Gasteiger partial charge in [-0.05, 0) is 31.7 Å². The lowest BCUT2D eigenvalue weighted by Gasteiger charge is -2.22. The van der Waals surface area contributed by atoms with Crippen LogP contribution in [0, 0.1) is 5.92 Å². The van der Waals surface area contributed by atoms with Crippen LogP contribution in [0.5, 0.6) is 0 Å². The summed E-state index contributed by atoms with van der Waals surface area (Å²) >= 11 is 0. The number of hydrogen-bond acceptors (Lipinski definition) is 2. The minimum absolute atomic E-state index is 0.330. The van der Waals surface area contributed by atoms with Crippen molar-refractivity contribution < 1.29 is 5.11 Å². The Labute approximate surface area is 121 Å². The molecule has 1 unspecified atom stereocenters. The minimum Gasteiger partial charge on any atom is -0.396 e. The fourth-order valence-corrected chi connectivity index (χ4v) is 2.60. The molecule has 0 amide bonds. The molecule has 0 spiro atoms. The van der Waals surface area contributed by atoms with Crippen molar-refractivity contribution in [3.05, 3.63) is 0 Å². The average Bonchev–Trinajstić information content (AvgIpc) is 2.43. The fourth-order valence-electron chi connectivity index (χ4n) is 2.60. The Hall–Kier alpha value is -0.0800. The molecule has 1 atom stereocenters. The van der Waals surface area contributed by atoms with E-state index in [-0.39, 0.29) is 0 Å². The van der Waals surface area contributed by atoms with Gasteiger partial charge in [-0.3, -0.25) is 0 Å². The van der Waals surface area contributed by atoms with E-state index >= 15 is 0 Å². The molecule has 2 nitrogen and oxygen atoms in total. The molecule has 0 aliphatic rings. The standard InChI is InChI=1S/C17H37NO/c1-4-7-9-11-17(12-10-8-5-2)18-15-16(6-3)13-14-19/h16-19H,4-15H2,1-3H3. The first-order chi connectivity index (χ1) is 9.28. The van der Waals surface area contributed by atoms with Crippen molar-refractivity contribution in [2.45, 2.75) is 91.0 Å². The summed E-state index contributed by atoms with van der Waals surface area (Å²) in [4.78, 5) is 0. The largest absolute Gasteiger partial charge is 0.396 e. The normalized spacial score (nSPS) is 13.1. The summed E-state index contributed by atoms with van der Waals surface area (Å²) in [5.41, 5.74) is 0. The lowest BCUT2D eigenvalue weighted by molar-refractivity contribution is 0.246. The molecule has 0 fully saturated rings. The molecule has 0 aliphatic heterocycles. The molecular weight excluding hydrogens is 234 g/mol. The molecule has 0 rings (SSSR count). The Morgan fingerprint density at radius 1 is 0.842 bits per heavy atom. The quantitative estimate of drug-likeness (QED) is 0.455. The van der Waals surface area contributed by atoms with Gasteiger partial charge in [-0.25, -0.2) is 0 Å². The molecule has 2 heteroatoms. The summed E-state index contributed by atoms with van der Waals surface area (Å²) in [7, 11) is 0. The van der Waals surface area contributed by atoms with E-state index in [0.717, 1.165) is 13.0 Å². The monoisotopic (exact) mass is 271 g/mol. The van der Waals surface area contributed by atoms with E-state index in [2.05, 4.69) is 26.1 Å². The molecule has 19 heavy (non-hydrogen) atoms. The number of aliphatic hydroxyl groups is 1. The Kier molecular flexibility index (Phi) is 14.3. The number of hydrogen-bond donors (Lipinski definition) is 2. The zero-order valence-electron chi connectivity index (χ0n) is 13.6. The van der Waals surface area contributed by atoms with E-state index in [1.54, 1.807) is 0 Å². The molecule has 0 saturated heterocycles. The number of rotatable bonds is 14. The molecule has 0 aromatic heterocycles. The fraction of sp³-hybridized carbons (Fsp3) is 1.00. The number of unbranched alkanes of at least 4 members (excludes halogenated alkanes) is 4. The second kappa shape index (κ2) is 14.3. The van der Waals surface area contributed by atoms with E-state index in [1.807, 2.05) is 0 Å². The van der Waals surface area contributed by atoms with Crippen molar-refractivity contribution in [1.29, 1.82) is 0 Å². The summed E-state index contributed by atoms with van der Waals surface area (Å²) in [5, 5.41) is 12.8. The van der Waals surface area contributed by atoms with Gasteiger partial charge < -0.3 is 10.4 Å². The second-order valence-electron chi connectivity index (χ2n) is 5.88. The predicted molar refractivity (Wildman–Crippen MR) is 85.6 cm³/mol. The maximum Gasteiger partial charge on any atom is 0.0434 e. The van der Waals surface area contributed by atoms with Crippen molar-refractivity contribution in [2.75, 3.05) is 13.2 Å². The van der Waals surface area contributed by atoms with Crippen molar-refractivity contribution in [3.63, 3.8) is 0 Å². The lowest BCUT2D eigenvalue weighted by Crippen LogP contribution is -2.33. The van der Waals surface area contributed by atoms with Crippen LogP contribution in [-0.4, -0.2) is 24.3 Å². The third kappa shape index (κ3) is 11.4. The molecule has 2 N–H and O–H groups in total. The van der Waals surface area contributed by atoms with Gasteiger partial charge in [0.25, 0.3) is 0 Å². The summed E-state index contributed by atoms with van der Waals surface area (Å²) in [6.45, 7) is 8.18. The van der Waals surface area contributed by atoms with Gasteiger partial charge in [0.15, 0.2) is 0 Å². The lowest BCUT2D eigenvalue weighted by atomic mass is 9.99. The Morgan fingerprint density at radius 3 is 1.84 bits per heavy atom. The van der Waals surface area contributed by atoms with Crippen LogP contribution in [0.4, 0.5) is 0 Å². The molecule has 0 aromatic carbocycles. The highest BCUT2D eigenvalue weighted by Crippen LogP contribution is 2.13. The van der Waals surface area contributed by atoms with Crippen molar-refractivity contribution in [1.82, 2.24) is 5.32 Å². The Bertz CT molecular complexity index is 163. The van der Waals surface area contributed by atoms with Crippen LogP contribution >= 0.6 is 0 Å². The van der Waals surface area contributed by atoms with Gasteiger partial charge in [0.1, 0.15) is 0 Å². The highest BCUT2D eigenvalue weighted by molar-refractivity contribution is 4.70. The van der Waals surface area contributed by atoms with Gasteiger partial charge in [-0.2, -0.15) is 0 Å². The van der Waals surface area contributed by atoms with E-state index in [1.165, 1.54) is 57.8 Å². The first-order valence-electron chi connectivity index (χ1n) is 8.62. The predicted octanol–water partition coefficient (Wildman–Crippen LogP) is 4.51. The Morgan fingerprint density at radius 2 is 1.42 bits per heavy atom. The summed E-state index contributed by atoms with van der Waals surface area (Å²) in [6, 6.07) is 0.700. The summed E-state index contributed by atoms with van der Waals surface area (Å²) in [5.74, 6) is 0.643. The number of aliphatic hydroxyl groups excluding tert-OH is 1. The molecule has 0 heterocycles. The van der Waals surface area contributed by atoms with Gasteiger partial charge in [0.2, 0.25) is 0 Å². The second-order valence-corrected chi connectivity index (χ2v) is 5.88. The molecule has 0 bridgehead atoms. The molecule has 0 aliphatic carbocycles. The zero-order chi connectivity index (χ0) is 14.3. The SMILES string of the molecule is CCCCCC(CCCCC)NCC(CC)CCO. The van der Waals surface area contributed by atoms with Crippen LogP contribution in [0.3, 0.4) is 0 Å². The van der Waals surface area contributed by atoms with Gasteiger partial charge in [0, 0.05) is 12.6 Å². The maximum atomic E-state index is 9.05. The molecule has 116 valence electrons. The first-order valence-corrected chi connectivity index (χ1v) is 8.62. The number of nitrogens with one attached hydrogen (secondary N) is 1. The van der Waals surface area contributed by atoms with Crippen LogP contribution in [0.2, 0.25) is 0 Å². The Balaban J connectivity index is 3.93. The topological polar surface area (TPSA) is 32.3 Å². The van der Waals surface area contributed by atoms with Crippen LogP contribution in [0.15, 0.2) is 0 Å². The van der Waals surface area contributed by atoms with E-state index in [9.17, 15) is 0 Å². The van der Waals surface area contributed by atoms with Crippen molar-refractivity contribution >= 4 is 0 Å². The smallest absolute Gasteiger partial charge is 0.0434 e. The third-order valence-electron chi connectivity index (χ3n) is 4.12. The molecular formula is C17H37NO. The van der Waals surface area contributed by atoms with Crippen LogP contribution in [0.1, 0.15) is 85.0 Å². The highest BCUT2D eigenvalue weighted by atomic mass is 16.3. The molecule has 0 saturated carbocycles. The first kappa shape index (κ1) is 18.9. The van der Waals surface area contributed by atoms with Crippen molar-refractivity contribution in [2.24, 2.45) is 5.92 Å². The van der Waals surface area contributed by atoms with Crippen LogP contribution in [-0.2, 0) is 0 Å². The van der Waals surface area contributed by atoms with Gasteiger partial charge >= 0.3 is 0 Å². The minimum atomic E-state index is 0.330. The van der Waals surface area contributed by atoms with Gasteiger partial charge in [0.05, 0.1) is 0 Å². The summed E-state index contributed by atoms with van der Waals surface area (Å²) < 4.78 is 0. The molecule has 0 radical (unpaired) electrons. The molecule has 0 aromatic rings. The van der Waals surface area contributed by atoms with Gasteiger partial charge in [-0.1, -0.05) is 65.7 Å². The van der Waals surface area contributed by atoms with E-state index in [4.69, 9.17) is 5.11 Å². The summed E-state index contributed by atoms with van der Waals surface area (Å²) in [6.07, 6.45) is 12.8. The average molecular weight is 271 g/mol. The van der Waals surface area contributed by atoms with Gasteiger partial charge in [-0.15, -0.1) is 0 Å². The van der Waals surface area contributed by atoms with E-state index in [0.29, 0.717) is 18.6 Å². The van der Waals surface area contributed by atoms with Crippen LogP contribution in [0.25, 0.3) is 0 Å². The van der Waals surface area contributed by atoms with Crippen LogP contribution < -0.4 is 5.32 Å². The van der Waals surface area contributed by atoms with Crippen molar-refractivity contribution in [3.8, 4) is 0 Å². The van der Waals surface area contributed by atoms with E-state index < -0.39 is 0 Å². The zero-order valence-corrected chi connectivity index (χ0v) is 13.6. The maximum absolute atomic E-state index is 9.05. The third-order valence-corrected chi connectivity index (χ3v) is 4.12.